The Bertz CT molecular complexity index is 1110. The first-order valence-electron chi connectivity index (χ1n) is 10.7. The van der Waals surface area contributed by atoms with Crippen LogP contribution in [-0.2, 0) is 17.8 Å². The second-order valence-corrected chi connectivity index (χ2v) is 8.48. The first-order chi connectivity index (χ1) is 15.6. The van der Waals surface area contributed by atoms with Crippen molar-refractivity contribution < 1.29 is 14.0 Å². The van der Waals surface area contributed by atoms with Crippen LogP contribution in [0.3, 0.4) is 0 Å². The van der Waals surface area contributed by atoms with Gasteiger partial charge in [0, 0.05) is 45.3 Å². The third kappa shape index (κ3) is 3.96. The lowest BCUT2D eigenvalue weighted by Crippen LogP contribution is -2.57. The standard InChI is InChI=1S/C24H23ClN4O3/c25-19-7-8-22(26-15-19)27-9-11-28(12-10-27)23(30)20-14-17-4-1-2-5-18(17)16-29(20)24(31)21-6-3-13-32-21/h1-8,13,15,20H,9-12,14,16H2. The molecule has 1 unspecified atom stereocenters. The lowest BCUT2D eigenvalue weighted by Gasteiger charge is -2.41. The van der Waals surface area contributed by atoms with E-state index in [2.05, 4.69) is 9.88 Å². The van der Waals surface area contributed by atoms with Crippen molar-refractivity contribution in [2.24, 2.45) is 0 Å². The second-order valence-electron chi connectivity index (χ2n) is 8.05. The minimum absolute atomic E-state index is 0.0249. The maximum Gasteiger partial charge on any atom is 0.290 e. The van der Waals surface area contributed by atoms with Gasteiger partial charge in [-0.3, -0.25) is 9.59 Å². The fourth-order valence-corrected chi connectivity index (χ4v) is 4.53. The van der Waals surface area contributed by atoms with Crippen molar-refractivity contribution in [1.29, 1.82) is 0 Å². The van der Waals surface area contributed by atoms with Crippen molar-refractivity contribution in [2.45, 2.75) is 19.0 Å². The summed E-state index contributed by atoms with van der Waals surface area (Å²) in [5.41, 5.74) is 2.17. The zero-order valence-electron chi connectivity index (χ0n) is 17.5. The summed E-state index contributed by atoms with van der Waals surface area (Å²) in [6.45, 7) is 2.89. The van der Waals surface area contributed by atoms with E-state index in [0.717, 1.165) is 16.9 Å². The third-order valence-electron chi connectivity index (χ3n) is 6.15. The number of carbonyl (C=O) groups is 2. The zero-order valence-corrected chi connectivity index (χ0v) is 18.2. The van der Waals surface area contributed by atoms with Crippen molar-refractivity contribution in [3.63, 3.8) is 0 Å². The van der Waals surface area contributed by atoms with Crippen LogP contribution < -0.4 is 4.90 Å². The van der Waals surface area contributed by atoms with Gasteiger partial charge >= 0.3 is 0 Å². The second kappa shape index (κ2) is 8.67. The van der Waals surface area contributed by atoms with E-state index in [1.807, 2.05) is 41.3 Å². The molecule has 2 amide bonds. The van der Waals surface area contributed by atoms with Crippen LogP contribution in [0.4, 0.5) is 5.82 Å². The zero-order chi connectivity index (χ0) is 22.1. The Labute approximate surface area is 191 Å². The number of rotatable bonds is 3. The summed E-state index contributed by atoms with van der Waals surface area (Å²) in [7, 11) is 0. The molecule has 3 aromatic rings. The van der Waals surface area contributed by atoms with E-state index in [1.165, 1.54) is 6.26 Å². The molecule has 1 fully saturated rings. The predicted molar refractivity (Wildman–Crippen MR) is 121 cm³/mol. The van der Waals surface area contributed by atoms with E-state index in [-0.39, 0.29) is 17.6 Å². The first-order valence-corrected chi connectivity index (χ1v) is 11.0. The van der Waals surface area contributed by atoms with Gasteiger partial charge in [0.25, 0.3) is 5.91 Å². The molecule has 1 saturated heterocycles. The van der Waals surface area contributed by atoms with Crippen molar-refractivity contribution in [2.75, 3.05) is 31.1 Å². The topological polar surface area (TPSA) is 69.9 Å². The number of amides is 2. The molecule has 0 aliphatic carbocycles. The van der Waals surface area contributed by atoms with Gasteiger partial charge in [-0.05, 0) is 35.4 Å². The Morgan fingerprint density at radius 1 is 0.969 bits per heavy atom. The van der Waals surface area contributed by atoms with Crippen molar-refractivity contribution >= 4 is 29.2 Å². The molecule has 2 aliphatic heterocycles. The van der Waals surface area contributed by atoms with Crippen LogP contribution >= 0.6 is 11.6 Å². The monoisotopic (exact) mass is 450 g/mol. The third-order valence-corrected chi connectivity index (χ3v) is 6.38. The summed E-state index contributed by atoms with van der Waals surface area (Å²) >= 11 is 5.94. The van der Waals surface area contributed by atoms with E-state index < -0.39 is 6.04 Å². The van der Waals surface area contributed by atoms with Crippen LogP contribution in [0.15, 0.2) is 65.4 Å². The number of halogens is 1. The van der Waals surface area contributed by atoms with Gasteiger partial charge in [-0.15, -0.1) is 0 Å². The van der Waals surface area contributed by atoms with Crippen molar-refractivity contribution in [3.8, 4) is 0 Å². The van der Waals surface area contributed by atoms with Crippen LogP contribution in [0.1, 0.15) is 21.7 Å². The number of fused-ring (bicyclic) bond motifs is 1. The molecular weight excluding hydrogens is 428 g/mol. The van der Waals surface area contributed by atoms with E-state index >= 15 is 0 Å². The number of carbonyl (C=O) groups excluding carboxylic acids is 2. The van der Waals surface area contributed by atoms with E-state index in [0.29, 0.717) is 44.2 Å². The molecule has 2 aliphatic rings. The summed E-state index contributed by atoms with van der Waals surface area (Å²) in [5.74, 6) is 0.818. The Morgan fingerprint density at radius 2 is 1.75 bits per heavy atom. The maximum absolute atomic E-state index is 13.6. The summed E-state index contributed by atoms with van der Waals surface area (Å²) in [4.78, 5) is 36.8. The van der Waals surface area contributed by atoms with Crippen LogP contribution in [0, 0.1) is 0 Å². The summed E-state index contributed by atoms with van der Waals surface area (Å²) in [6.07, 6.45) is 3.61. The molecule has 164 valence electrons. The Morgan fingerprint density at radius 3 is 2.44 bits per heavy atom. The molecule has 0 bridgehead atoms. The van der Waals surface area contributed by atoms with Gasteiger partial charge in [0.05, 0.1) is 11.3 Å². The Hall–Kier alpha value is -3.32. The molecule has 4 heterocycles. The van der Waals surface area contributed by atoms with Crippen LogP contribution in [0.25, 0.3) is 0 Å². The quantitative estimate of drug-likeness (QED) is 0.612. The van der Waals surface area contributed by atoms with Crippen molar-refractivity contribution in [1.82, 2.24) is 14.8 Å². The molecule has 0 N–H and O–H groups in total. The number of piperazine rings is 1. The van der Waals surface area contributed by atoms with Gasteiger partial charge < -0.3 is 19.1 Å². The van der Waals surface area contributed by atoms with Gasteiger partial charge in [-0.1, -0.05) is 35.9 Å². The summed E-state index contributed by atoms with van der Waals surface area (Å²) in [5, 5.41) is 0.599. The highest BCUT2D eigenvalue weighted by Gasteiger charge is 2.38. The number of anilines is 1. The predicted octanol–water partition coefficient (Wildman–Crippen LogP) is 3.24. The molecule has 2 aromatic heterocycles. The number of benzene rings is 1. The first kappa shape index (κ1) is 20.6. The maximum atomic E-state index is 13.6. The highest BCUT2D eigenvalue weighted by atomic mass is 35.5. The molecule has 0 spiro atoms. The largest absolute Gasteiger partial charge is 0.459 e. The molecular formula is C24H23ClN4O3. The molecule has 7 nitrogen and oxygen atoms in total. The number of aromatic nitrogens is 1. The fourth-order valence-electron chi connectivity index (χ4n) is 4.42. The van der Waals surface area contributed by atoms with Crippen LogP contribution in [0.2, 0.25) is 5.02 Å². The molecule has 32 heavy (non-hydrogen) atoms. The highest BCUT2D eigenvalue weighted by Crippen LogP contribution is 2.27. The molecule has 1 atom stereocenters. The van der Waals surface area contributed by atoms with Gasteiger partial charge in [0.15, 0.2) is 5.76 Å². The average molecular weight is 451 g/mol. The number of furan rings is 1. The smallest absolute Gasteiger partial charge is 0.290 e. The van der Waals surface area contributed by atoms with Gasteiger partial charge in [0.2, 0.25) is 5.91 Å². The van der Waals surface area contributed by atoms with Gasteiger partial charge in [-0.25, -0.2) is 4.98 Å². The van der Waals surface area contributed by atoms with Gasteiger partial charge in [0.1, 0.15) is 11.9 Å². The van der Waals surface area contributed by atoms with Crippen LogP contribution in [-0.4, -0.2) is 58.8 Å². The van der Waals surface area contributed by atoms with E-state index in [4.69, 9.17) is 16.0 Å². The number of pyridine rings is 1. The molecule has 8 heteroatoms. The lowest BCUT2D eigenvalue weighted by molar-refractivity contribution is -0.137. The minimum atomic E-state index is -0.553. The van der Waals surface area contributed by atoms with E-state index in [1.54, 1.807) is 23.2 Å². The van der Waals surface area contributed by atoms with E-state index in [9.17, 15) is 9.59 Å². The number of nitrogens with zero attached hydrogens (tertiary/aromatic N) is 4. The normalized spacial score (nSPS) is 18.4. The average Bonchev–Trinajstić information content (AvgIpc) is 3.38. The molecule has 5 rings (SSSR count). The summed E-state index contributed by atoms with van der Waals surface area (Å²) < 4.78 is 5.34. The Balaban J connectivity index is 1.34. The summed E-state index contributed by atoms with van der Waals surface area (Å²) in [6, 6.07) is 14.5. The highest BCUT2D eigenvalue weighted by molar-refractivity contribution is 6.30. The Kier molecular flexibility index (Phi) is 5.57. The van der Waals surface area contributed by atoms with Crippen LogP contribution in [0.5, 0.6) is 0 Å². The minimum Gasteiger partial charge on any atom is -0.459 e. The SMILES string of the molecule is O=C(C1Cc2ccccc2CN1C(=O)c1ccco1)N1CCN(c2ccc(Cl)cn2)CC1. The number of hydrogen-bond donors (Lipinski definition) is 0. The number of hydrogen-bond acceptors (Lipinski definition) is 5. The molecule has 1 aromatic carbocycles. The van der Waals surface area contributed by atoms with Gasteiger partial charge in [-0.2, -0.15) is 0 Å². The molecule has 0 radical (unpaired) electrons. The fraction of sp³-hybridized carbons (Fsp3) is 0.292. The molecule has 0 saturated carbocycles. The lowest BCUT2D eigenvalue weighted by atomic mass is 9.92. The van der Waals surface area contributed by atoms with Crippen molar-refractivity contribution in [3.05, 3.63) is 82.9 Å².